The first-order valence-electron chi connectivity index (χ1n) is 4.39. The van der Waals surface area contributed by atoms with Crippen LogP contribution in [0.5, 0.6) is 5.75 Å². The van der Waals surface area contributed by atoms with Gasteiger partial charge in [-0.25, -0.2) is 0 Å². The molecule has 0 aliphatic rings. The van der Waals surface area contributed by atoms with Gasteiger partial charge in [-0.15, -0.1) is 6.58 Å². The van der Waals surface area contributed by atoms with E-state index in [-0.39, 0.29) is 11.5 Å². The summed E-state index contributed by atoms with van der Waals surface area (Å²) in [6, 6.07) is 6.59. The van der Waals surface area contributed by atoms with Crippen molar-refractivity contribution in [1.82, 2.24) is 0 Å². The van der Waals surface area contributed by atoms with Crippen LogP contribution in [0.2, 0.25) is 0 Å². The van der Waals surface area contributed by atoms with Crippen LogP contribution in [-0.4, -0.2) is 14.2 Å². The SMILES string of the molecule is C=CCS(=O)(=O)Oc1ccc(CN)cc1. The Morgan fingerprint density at radius 1 is 1.33 bits per heavy atom. The number of hydrogen-bond acceptors (Lipinski definition) is 4. The lowest BCUT2D eigenvalue weighted by Crippen LogP contribution is -2.12. The van der Waals surface area contributed by atoms with Crippen LogP contribution in [0.25, 0.3) is 0 Å². The Bertz CT molecular complexity index is 422. The van der Waals surface area contributed by atoms with Crippen LogP contribution >= 0.6 is 0 Å². The monoisotopic (exact) mass is 227 g/mol. The number of benzene rings is 1. The lowest BCUT2D eigenvalue weighted by molar-refractivity contribution is 0.489. The van der Waals surface area contributed by atoms with Crippen LogP contribution in [0.3, 0.4) is 0 Å². The summed E-state index contributed by atoms with van der Waals surface area (Å²) in [5.41, 5.74) is 6.32. The van der Waals surface area contributed by atoms with Gasteiger partial charge in [-0.2, -0.15) is 8.42 Å². The second-order valence-corrected chi connectivity index (χ2v) is 4.56. The normalized spacial score (nSPS) is 11.0. The van der Waals surface area contributed by atoms with E-state index in [4.69, 9.17) is 9.92 Å². The molecule has 0 spiro atoms. The van der Waals surface area contributed by atoms with E-state index in [0.717, 1.165) is 5.56 Å². The summed E-state index contributed by atoms with van der Waals surface area (Å²) in [7, 11) is -3.55. The minimum atomic E-state index is -3.55. The Kier molecular flexibility index (Phi) is 3.88. The van der Waals surface area contributed by atoms with Gasteiger partial charge in [0.05, 0.1) is 0 Å². The van der Waals surface area contributed by atoms with Gasteiger partial charge in [0.15, 0.2) is 0 Å². The van der Waals surface area contributed by atoms with Gasteiger partial charge in [0.1, 0.15) is 11.5 Å². The fourth-order valence-electron chi connectivity index (χ4n) is 1.01. The molecule has 0 saturated heterocycles. The zero-order valence-electron chi connectivity index (χ0n) is 8.22. The zero-order valence-corrected chi connectivity index (χ0v) is 9.03. The fourth-order valence-corrected chi connectivity index (χ4v) is 1.77. The highest BCUT2D eigenvalue weighted by Gasteiger charge is 2.09. The van der Waals surface area contributed by atoms with Crippen molar-refractivity contribution < 1.29 is 12.6 Å². The Labute approximate surface area is 89.5 Å². The van der Waals surface area contributed by atoms with Gasteiger partial charge in [0.25, 0.3) is 0 Å². The minimum absolute atomic E-state index is 0.203. The molecular formula is C10H13NO3S. The molecule has 0 atom stereocenters. The second-order valence-electron chi connectivity index (χ2n) is 2.94. The van der Waals surface area contributed by atoms with Gasteiger partial charge < -0.3 is 9.92 Å². The van der Waals surface area contributed by atoms with Crippen LogP contribution in [0.4, 0.5) is 0 Å². The Hall–Kier alpha value is -1.33. The average Bonchev–Trinajstić information content (AvgIpc) is 2.18. The smallest absolute Gasteiger partial charge is 0.312 e. The summed E-state index contributed by atoms with van der Waals surface area (Å²) < 4.78 is 27.3. The summed E-state index contributed by atoms with van der Waals surface area (Å²) >= 11 is 0. The predicted molar refractivity (Wildman–Crippen MR) is 58.9 cm³/mol. The first-order valence-corrected chi connectivity index (χ1v) is 5.97. The van der Waals surface area contributed by atoms with Crippen molar-refractivity contribution >= 4 is 10.1 Å². The molecule has 0 fully saturated rings. The summed E-state index contributed by atoms with van der Waals surface area (Å²) in [6.45, 7) is 3.76. The molecule has 0 radical (unpaired) electrons. The molecule has 0 unspecified atom stereocenters. The summed E-state index contributed by atoms with van der Waals surface area (Å²) in [5.74, 6) is 0.0834. The quantitative estimate of drug-likeness (QED) is 0.602. The lowest BCUT2D eigenvalue weighted by Gasteiger charge is -2.05. The van der Waals surface area contributed by atoms with Crippen LogP contribution in [0.1, 0.15) is 5.56 Å². The van der Waals surface area contributed by atoms with Crippen LogP contribution in [0.15, 0.2) is 36.9 Å². The van der Waals surface area contributed by atoms with Crippen LogP contribution < -0.4 is 9.92 Å². The van der Waals surface area contributed by atoms with Crippen LogP contribution in [0, 0.1) is 0 Å². The van der Waals surface area contributed by atoms with Crippen molar-refractivity contribution in [3.05, 3.63) is 42.5 Å². The van der Waals surface area contributed by atoms with Gasteiger partial charge in [0.2, 0.25) is 0 Å². The zero-order chi connectivity index (χ0) is 11.3. The molecule has 0 aromatic heterocycles. The van der Waals surface area contributed by atoms with Gasteiger partial charge >= 0.3 is 10.1 Å². The molecule has 2 N–H and O–H groups in total. The Balaban J connectivity index is 2.77. The van der Waals surface area contributed by atoms with E-state index < -0.39 is 10.1 Å². The van der Waals surface area contributed by atoms with Gasteiger partial charge in [-0.05, 0) is 17.7 Å². The molecule has 15 heavy (non-hydrogen) atoms. The molecular weight excluding hydrogens is 214 g/mol. The Morgan fingerprint density at radius 2 is 1.93 bits per heavy atom. The van der Waals surface area contributed by atoms with Gasteiger partial charge in [-0.1, -0.05) is 18.2 Å². The molecule has 0 bridgehead atoms. The lowest BCUT2D eigenvalue weighted by atomic mass is 10.2. The highest BCUT2D eigenvalue weighted by molar-refractivity contribution is 7.87. The van der Waals surface area contributed by atoms with Crippen molar-refractivity contribution in [3.8, 4) is 5.75 Å². The number of nitrogens with two attached hydrogens (primary N) is 1. The fraction of sp³-hybridized carbons (Fsp3) is 0.200. The third-order valence-electron chi connectivity index (χ3n) is 1.70. The predicted octanol–water partition coefficient (Wildman–Crippen LogP) is 1.04. The molecule has 82 valence electrons. The maximum Gasteiger partial charge on any atom is 0.312 e. The van der Waals surface area contributed by atoms with Crippen molar-refractivity contribution in [1.29, 1.82) is 0 Å². The van der Waals surface area contributed by atoms with E-state index in [1.54, 1.807) is 24.3 Å². The van der Waals surface area contributed by atoms with Crippen molar-refractivity contribution in [2.75, 3.05) is 5.75 Å². The molecule has 0 saturated carbocycles. The van der Waals surface area contributed by atoms with Crippen LogP contribution in [-0.2, 0) is 16.7 Å². The van der Waals surface area contributed by atoms with Crippen molar-refractivity contribution in [2.24, 2.45) is 5.73 Å². The summed E-state index contributed by atoms with van der Waals surface area (Å²) in [6.07, 6.45) is 1.28. The first-order chi connectivity index (χ1) is 7.07. The first kappa shape index (κ1) is 11.7. The van der Waals surface area contributed by atoms with E-state index >= 15 is 0 Å². The van der Waals surface area contributed by atoms with E-state index in [9.17, 15) is 8.42 Å². The molecule has 1 aromatic carbocycles. The third-order valence-corrected chi connectivity index (χ3v) is 2.79. The highest BCUT2D eigenvalue weighted by Crippen LogP contribution is 2.14. The number of rotatable bonds is 5. The van der Waals surface area contributed by atoms with Gasteiger partial charge in [-0.3, -0.25) is 0 Å². The highest BCUT2D eigenvalue weighted by atomic mass is 32.2. The molecule has 1 rings (SSSR count). The molecule has 0 amide bonds. The average molecular weight is 227 g/mol. The third kappa shape index (κ3) is 3.73. The molecule has 0 aliphatic carbocycles. The summed E-state index contributed by atoms with van der Waals surface area (Å²) in [4.78, 5) is 0. The maximum atomic E-state index is 11.2. The van der Waals surface area contributed by atoms with E-state index in [2.05, 4.69) is 6.58 Å². The molecule has 4 nitrogen and oxygen atoms in total. The second kappa shape index (κ2) is 4.95. The van der Waals surface area contributed by atoms with E-state index in [1.165, 1.54) is 6.08 Å². The Morgan fingerprint density at radius 3 is 2.40 bits per heavy atom. The largest absolute Gasteiger partial charge is 0.382 e. The molecule has 5 heteroatoms. The van der Waals surface area contributed by atoms with Crippen molar-refractivity contribution in [3.63, 3.8) is 0 Å². The minimum Gasteiger partial charge on any atom is -0.382 e. The van der Waals surface area contributed by atoms with Crippen molar-refractivity contribution in [2.45, 2.75) is 6.54 Å². The maximum absolute atomic E-state index is 11.2. The topological polar surface area (TPSA) is 69.4 Å². The van der Waals surface area contributed by atoms with E-state index in [0.29, 0.717) is 6.54 Å². The standard InChI is InChI=1S/C10H13NO3S/c1-2-7-15(12,13)14-10-5-3-9(8-11)4-6-10/h2-6H,1,7-8,11H2. The number of hydrogen-bond donors (Lipinski definition) is 1. The van der Waals surface area contributed by atoms with E-state index in [1.807, 2.05) is 0 Å². The molecule has 0 aliphatic heterocycles. The molecule has 1 aromatic rings. The molecule has 0 heterocycles. The summed E-state index contributed by atoms with van der Waals surface area (Å²) in [5, 5.41) is 0. The van der Waals surface area contributed by atoms with Gasteiger partial charge in [0, 0.05) is 6.54 Å².